The summed E-state index contributed by atoms with van der Waals surface area (Å²) in [6.45, 7) is 8.52. The van der Waals surface area contributed by atoms with Crippen LogP contribution in [-0.4, -0.2) is 40.7 Å². The summed E-state index contributed by atoms with van der Waals surface area (Å²) in [4.78, 5) is 11.7. The molecule has 4 atom stereocenters. The van der Waals surface area contributed by atoms with Gasteiger partial charge in [0.25, 0.3) is 8.32 Å². The highest BCUT2D eigenvalue weighted by Crippen LogP contribution is 2.57. The van der Waals surface area contributed by atoms with E-state index >= 15 is 0 Å². The van der Waals surface area contributed by atoms with E-state index in [0.717, 1.165) is 38.7 Å². The number of rotatable bonds is 14. The van der Waals surface area contributed by atoms with Crippen molar-refractivity contribution in [1.82, 2.24) is 0 Å². The molecule has 49 heavy (non-hydrogen) atoms. The molecule has 256 valence electrons. The van der Waals surface area contributed by atoms with Crippen LogP contribution in [0, 0.1) is 17.3 Å². The van der Waals surface area contributed by atoms with Crippen LogP contribution in [0.4, 0.5) is 0 Å². The second-order valence-corrected chi connectivity index (χ2v) is 19.4. The maximum atomic E-state index is 11.7. The molecular weight excluding hydrogens is 621 g/mol. The molecule has 0 N–H and O–H groups in total. The number of carbonyl (C=O) groups is 1. The minimum Gasteiger partial charge on any atom is -0.469 e. The molecule has 1 heterocycles. The van der Waals surface area contributed by atoms with Crippen LogP contribution in [0.25, 0.3) is 11.1 Å². The molecule has 1 aliphatic carbocycles. The van der Waals surface area contributed by atoms with Crippen LogP contribution in [0.1, 0.15) is 58.4 Å². The minimum atomic E-state index is -2.69. The van der Waals surface area contributed by atoms with Crippen LogP contribution in [0.3, 0.4) is 0 Å². The Hall–Kier alpha value is -3.77. The third kappa shape index (κ3) is 7.55. The Morgan fingerprint density at radius 1 is 0.837 bits per heavy atom. The summed E-state index contributed by atoms with van der Waals surface area (Å²) in [6, 6.07) is 41.7. The lowest BCUT2D eigenvalue weighted by Gasteiger charge is -2.45. The lowest BCUT2D eigenvalue weighted by molar-refractivity contribution is -0.140. The summed E-state index contributed by atoms with van der Waals surface area (Å²) < 4.78 is 19.1. The van der Waals surface area contributed by atoms with Crippen molar-refractivity contribution in [3.8, 4) is 11.1 Å². The smallest absolute Gasteiger partial charge is 0.305 e. The van der Waals surface area contributed by atoms with E-state index in [0.29, 0.717) is 24.9 Å². The average Bonchev–Trinajstić information content (AvgIpc) is 3.67. The number of hydrogen-bond acceptors (Lipinski definition) is 4. The van der Waals surface area contributed by atoms with Crippen molar-refractivity contribution in [3.05, 3.63) is 133 Å². The molecule has 1 saturated heterocycles. The van der Waals surface area contributed by atoms with Gasteiger partial charge in [0.1, 0.15) is 0 Å². The Kier molecular flexibility index (Phi) is 11.0. The van der Waals surface area contributed by atoms with E-state index in [1.165, 1.54) is 34.2 Å². The quantitative estimate of drug-likeness (QED) is 0.0582. The first kappa shape index (κ1) is 35.1. The fraction of sp³-hybridized carbons (Fsp3) is 0.386. The Labute approximate surface area is 294 Å². The number of allylic oxidation sites excluding steroid dienone is 2. The monoisotopic (exact) mass is 672 g/mol. The minimum absolute atomic E-state index is 0.0504. The van der Waals surface area contributed by atoms with Crippen LogP contribution in [-0.2, 0) is 25.1 Å². The molecule has 0 amide bonds. The third-order valence-corrected chi connectivity index (χ3v) is 16.0. The zero-order valence-electron chi connectivity index (χ0n) is 29.6. The predicted molar refractivity (Wildman–Crippen MR) is 203 cm³/mol. The van der Waals surface area contributed by atoms with E-state index in [1.54, 1.807) is 0 Å². The lowest BCUT2D eigenvalue weighted by atomic mass is 9.70. The first-order valence-corrected chi connectivity index (χ1v) is 19.9. The molecule has 6 rings (SSSR count). The van der Waals surface area contributed by atoms with E-state index in [2.05, 4.69) is 148 Å². The van der Waals surface area contributed by atoms with Crippen LogP contribution in [0.2, 0.25) is 5.04 Å². The number of unbranched alkanes of at least 4 members (excludes halogenated alkanes) is 1. The van der Waals surface area contributed by atoms with E-state index in [-0.39, 0.29) is 22.5 Å². The van der Waals surface area contributed by atoms with Crippen molar-refractivity contribution >= 4 is 24.7 Å². The molecule has 1 aliphatic heterocycles. The number of esters is 1. The number of fused-ring (bicyclic) bond motifs is 2. The molecule has 0 unspecified atom stereocenters. The number of hydrogen-bond donors (Lipinski definition) is 0. The maximum absolute atomic E-state index is 11.7. The molecular formula is C44H52O4Si. The molecule has 0 radical (unpaired) electrons. The Morgan fingerprint density at radius 3 is 2.02 bits per heavy atom. The highest BCUT2D eigenvalue weighted by Gasteiger charge is 2.59. The number of ether oxygens (including phenoxy) is 2. The standard InChI is InChI=1S/C44H52O4Si/c1-43(2,3)49(37-20-12-8-13-21-37,38-22-14-9-15-23-38)48-32-39-40(24-16-5-6-17-25-42(45)46-4)44(31-41(39)47-33-44)30-34-26-28-36(29-27-34)35-18-10-7-11-19-35/h5,7-16,18-23,26-29,39-41H,6,17,24-25,30-33H2,1-4H3/t39-,40-,41-,44-/m1/s1. The number of methoxy groups -OCH3 is 1. The zero-order valence-corrected chi connectivity index (χ0v) is 30.6. The van der Waals surface area contributed by atoms with Crippen LogP contribution in [0.15, 0.2) is 127 Å². The van der Waals surface area contributed by atoms with Gasteiger partial charge in [-0.15, -0.1) is 0 Å². The average molecular weight is 673 g/mol. The van der Waals surface area contributed by atoms with Crippen molar-refractivity contribution in [2.24, 2.45) is 17.3 Å². The Morgan fingerprint density at radius 2 is 1.43 bits per heavy atom. The van der Waals surface area contributed by atoms with Gasteiger partial charge in [0, 0.05) is 24.4 Å². The fourth-order valence-corrected chi connectivity index (χ4v) is 13.2. The molecule has 5 heteroatoms. The normalized spacial score (nSPS) is 22.1. The molecule has 1 saturated carbocycles. The lowest BCUT2D eigenvalue weighted by Crippen LogP contribution is -2.67. The van der Waals surface area contributed by atoms with Gasteiger partial charge in [-0.25, -0.2) is 0 Å². The van der Waals surface area contributed by atoms with Crippen molar-refractivity contribution in [2.75, 3.05) is 20.3 Å². The Bertz CT molecular complexity index is 1620. The van der Waals surface area contributed by atoms with Gasteiger partial charge < -0.3 is 13.9 Å². The topological polar surface area (TPSA) is 44.8 Å². The first-order valence-electron chi connectivity index (χ1n) is 18.0. The van der Waals surface area contributed by atoms with Gasteiger partial charge in [0.2, 0.25) is 0 Å². The van der Waals surface area contributed by atoms with Crippen LogP contribution >= 0.6 is 0 Å². The van der Waals surface area contributed by atoms with Crippen molar-refractivity contribution in [3.63, 3.8) is 0 Å². The molecule has 2 bridgehead atoms. The van der Waals surface area contributed by atoms with Gasteiger partial charge in [-0.3, -0.25) is 4.79 Å². The van der Waals surface area contributed by atoms with Gasteiger partial charge >= 0.3 is 5.97 Å². The summed E-state index contributed by atoms with van der Waals surface area (Å²) in [7, 11) is -1.23. The molecule has 0 spiro atoms. The summed E-state index contributed by atoms with van der Waals surface area (Å²) in [5, 5.41) is 2.54. The molecule has 2 fully saturated rings. The van der Waals surface area contributed by atoms with Crippen molar-refractivity contribution in [2.45, 2.75) is 70.4 Å². The zero-order chi connectivity index (χ0) is 34.3. The van der Waals surface area contributed by atoms with E-state index in [9.17, 15) is 4.79 Å². The van der Waals surface area contributed by atoms with Crippen LogP contribution in [0.5, 0.6) is 0 Å². The summed E-state index contributed by atoms with van der Waals surface area (Å²) in [5.74, 6) is 0.574. The number of benzene rings is 4. The molecule has 0 aromatic heterocycles. The van der Waals surface area contributed by atoms with E-state index in [1.807, 2.05) is 0 Å². The second-order valence-electron chi connectivity index (χ2n) is 15.1. The predicted octanol–water partition coefficient (Wildman–Crippen LogP) is 8.78. The van der Waals surface area contributed by atoms with Crippen molar-refractivity contribution in [1.29, 1.82) is 0 Å². The highest BCUT2D eigenvalue weighted by atomic mass is 28.4. The third-order valence-electron chi connectivity index (χ3n) is 11.0. The van der Waals surface area contributed by atoms with Crippen LogP contribution < -0.4 is 10.4 Å². The molecule has 4 nitrogen and oxygen atoms in total. The van der Waals surface area contributed by atoms with Gasteiger partial charge in [0.15, 0.2) is 0 Å². The van der Waals surface area contributed by atoms with Gasteiger partial charge in [-0.05, 0) is 70.1 Å². The van der Waals surface area contributed by atoms with Crippen molar-refractivity contribution < 1.29 is 18.7 Å². The molecule has 4 aromatic rings. The summed E-state index contributed by atoms with van der Waals surface area (Å²) in [5.41, 5.74) is 3.91. The fourth-order valence-electron chi connectivity index (χ4n) is 8.60. The molecule has 2 aliphatic rings. The molecule has 4 aromatic carbocycles. The first-order chi connectivity index (χ1) is 23.8. The SMILES string of the molecule is COC(=O)CCCC=CC[C@@H]1[C@@H](CO[Si](c2ccccc2)(c2ccccc2)C(C)(C)C)[C@H]2C[C@]1(Cc1ccc(-c3ccccc3)cc1)CO2. The van der Waals surface area contributed by atoms with E-state index < -0.39 is 8.32 Å². The number of carbonyl (C=O) groups excluding carboxylic acids is 1. The Balaban J connectivity index is 1.28. The van der Waals surface area contributed by atoms with Gasteiger partial charge in [-0.2, -0.15) is 0 Å². The van der Waals surface area contributed by atoms with E-state index in [4.69, 9.17) is 13.9 Å². The van der Waals surface area contributed by atoms with Gasteiger partial charge in [0.05, 0.1) is 19.8 Å². The highest BCUT2D eigenvalue weighted by molar-refractivity contribution is 6.99. The second kappa shape index (κ2) is 15.4. The summed E-state index contributed by atoms with van der Waals surface area (Å²) in [6.07, 6.45) is 9.97. The summed E-state index contributed by atoms with van der Waals surface area (Å²) >= 11 is 0. The largest absolute Gasteiger partial charge is 0.469 e. The van der Waals surface area contributed by atoms with Gasteiger partial charge in [-0.1, -0.05) is 148 Å². The maximum Gasteiger partial charge on any atom is 0.305 e.